The van der Waals surface area contributed by atoms with Crippen LogP contribution in [0.2, 0.25) is 5.15 Å². The van der Waals surface area contributed by atoms with Crippen LogP contribution in [0.1, 0.15) is 5.69 Å². The topological polar surface area (TPSA) is 35.0 Å². The lowest BCUT2D eigenvalue weighted by Crippen LogP contribution is -2.01. The molecule has 0 radical (unpaired) electrons. The molecule has 2 aromatic rings. The van der Waals surface area contributed by atoms with Crippen LogP contribution in [-0.4, -0.2) is 17.1 Å². The van der Waals surface area contributed by atoms with Crippen molar-refractivity contribution in [3.63, 3.8) is 0 Å². The summed E-state index contributed by atoms with van der Waals surface area (Å²) in [6.45, 7) is 0.205. The average molecular weight is 428 g/mol. The molecule has 0 aliphatic carbocycles. The van der Waals surface area contributed by atoms with E-state index in [1.165, 1.54) is 13.2 Å². The molecular weight excluding hydrogens is 421 g/mol. The number of aromatic nitrogens is 2. The van der Waals surface area contributed by atoms with Crippen LogP contribution in [0.5, 0.6) is 0 Å². The minimum Gasteiger partial charge on any atom is -0.378 e. The van der Waals surface area contributed by atoms with Crippen molar-refractivity contribution in [1.82, 2.24) is 9.97 Å². The molecule has 0 saturated carbocycles. The third-order valence-corrected chi connectivity index (χ3v) is 4.55. The summed E-state index contributed by atoms with van der Waals surface area (Å²) < 4.78 is 32.1. The van der Waals surface area contributed by atoms with Gasteiger partial charge >= 0.3 is 0 Å². The van der Waals surface area contributed by atoms with Crippen molar-refractivity contribution in [3.05, 3.63) is 43.6 Å². The molecule has 1 aromatic carbocycles. The smallest absolute Gasteiger partial charge is 0.173 e. The molecule has 0 unspecified atom stereocenters. The summed E-state index contributed by atoms with van der Waals surface area (Å²) in [5.41, 5.74) is 0.815. The van der Waals surface area contributed by atoms with Crippen molar-refractivity contribution in [2.75, 3.05) is 7.11 Å². The van der Waals surface area contributed by atoms with Crippen LogP contribution in [0, 0.1) is 11.6 Å². The Hall–Kier alpha value is -0.630. The second kappa shape index (κ2) is 6.43. The Morgan fingerprint density at radius 2 is 1.90 bits per heavy atom. The van der Waals surface area contributed by atoms with Crippen molar-refractivity contribution in [1.29, 1.82) is 0 Å². The van der Waals surface area contributed by atoms with Gasteiger partial charge < -0.3 is 4.74 Å². The van der Waals surface area contributed by atoms with Gasteiger partial charge in [-0.05, 0) is 44.0 Å². The van der Waals surface area contributed by atoms with Crippen molar-refractivity contribution < 1.29 is 13.5 Å². The van der Waals surface area contributed by atoms with Gasteiger partial charge in [-0.1, -0.05) is 11.6 Å². The van der Waals surface area contributed by atoms with E-state index in [9.17, 15) is 8.78 Å². The fourth-order valence-electron chi connectivity index (χ4n) is 1.51. The van der Waals surface area contributed by atoms with Crippen molar-refractivity contribution in [3.8, 4) is 11.4 Å². The number of nitrogens with zero attached hydrogens (tertiary/aromatic N) is 2. The lowest BCUT2D eigenvalue weighted by Gasteiger charge is -2.09. The van der Waals surface area contributed by atoms with E-state index in [1.807, 2.05) is 0 Å². The molecule has 8 heteroatoms. The number of benzene rings is 1. The highest BCUT2D eigenvalue weighted by Gasteiger charge is 2.17. The lowest BCUT2D eigenvalue weighted by molar-refractivity contribution is 0.181. The first kappa shape index (κ1) is 15.8. The van der Waals surface area contributed by atoms with Gasteiger partial charge in [-0.15, -0.1) is 0 Å². The van der Waals surface area contributed by atoms with Crippen LogP contribution in [0.4, 0.5) is 8.78 Å². The van der Waals surface area contributed by atoms with Crippen LogP contribution in [-0.2, 0) is 11.3 Å². The van der Waals surface area contributed by atoms with Crippen molar-refractivity contribution in [2.45, 2.75) is 6.61 Å². The van der Waals surface area contributed by atoms with E-state index in [4.69, 9.17) is 16.3 Å². The molecule has 0 aliphatic heterocycles. The fourth-order valence-corrected chi connectivity index (χ4v) is 2.49. The Kier molecular flexibility index (Phi) is 5.06. The first-order valence-corrected chi connectivity index (χ1v) is 7.26. The minimum atomic E-state index is -1.00. The van der Waals surface area contributed by atoms with Gasteiger partial charge in [-0.2, -0.15) is 0 Å². The summed E-state index contributed by atoms with van der Waals surface area (Å²) in [5, 5.41) is 0.165. The van der Waals surface area contributed by atoms with E-state index in [-0.39, 0.29) is 22.1 Å². The third kappa shape index (κ3) is 3.00. The molecule has 0 spiro atoms. The summed E-state index contributed by atoms with van der Waals surface area (Å²) in [5.74, 6) is -1.78. The zero-order valence-electron chi connectivity index (χ0n) is 10.1. The van der Waals surface area contributed by atoms with E-state index in [0.717, 1.165) is 6.07 Å². The van der Waals surface area contributed by atoms with Gasteiger partial charge in [0, 0.05) is 12.7 Å². The number of ether oxygens (including phenoxy) is 1. The number of methoxy groups -OCH3 is 1. The minimum absolute atomic E-state index is 0.0562. The van der Waals surface area contributed by atoms with Gasteiger partial charge in [0.25, 0.3) is 0 Å². The molecule has 20 heavy (non-hydrogen) atoms. The largest absolute Gasteiger partial charge is 0.378 e. The molecule has 0 aliphatic rings. The Morgan fingerprint density at radius 1 is 1.20 bits per heavy atom. The highest BCUT2D eigenvalue weighted by atomic mass is 79.9. The lowest BCUT2D eigenvalue weighted by atomic mass is 10.2. The SMILES string of the molecule is COCc1nc(-c2ccc(F)c(F)c2Br)nc(Cl)c1Br. The highest BCUT2D eigenvalue weighted by molar-refractivity contribution is 9.11. The second-order valence-electron chi connectivity index (χ2n) is 3.75. The number of halogens is 5. The zero-order valence-corrected chi connectivity index (χ0v) is 14.0. The standard InChI is InChI=1S/C12H7Br2ClF2N2O/c1-20-4-7-9(14)11(15)19-12(18-7)5-2-3-6(16)10(17)8(5)13/h2-3H,4H2,1H3. The summed E-state index contributed by atoms with van der Waals surface area (Å²) >= 11 is 12.2. The molecule has 0 N–H and O–H groups in total. The van der Waals surface area contributed by atoms with E-state index in [1.54, 1.807) is 0 Å². The molecule has 0 atom stereocenters. The van der Waals surface area contributed by atoms with E-state index >= 15 is 0 Å². The zero-order chi connectivity index (χ0) is 14.9. The normalized spacial score (nSPS) is 10.9. The summed E-state index contributed by atoms with van der Waals surface area (Å²) in [6, 6.07) is 2.38. The molecule has 0 bridgehead atoms. The van der Waals surface area contributed by atoms with Crippen molar-refractivity contribution in [2.24, 2.45) is 0 Å². The Bertz CT molecular complexity index is 670. The summed E-state index contributed by atoms with van der Waals surface area (Å²) in [4.78, 5) is 8.29. The molecule has 1 aromatic heterocycles. The maximum atomic E-state index is 13.6. The van der Waals surface area contributed by atoms with Gasteiger partial charge in [-0.3, -0.25) is 0 Å². The Labute approximate surface area is 135 Å². The monoisotopic (exact) mass is 426 g/mol. The van der Waals surface area contributed by atoms with Crippen LogP contribution < -0.4 is 0 Å². The first-order valence-electron chi connectivity index (χ1n) is 5.30. The molecule has 0 amide bonds. The van der Waals surface area contributed by atoms with Gasteiger partial charge in [0.05, 0.1) is 21.2 Å². The first-order chi connectivity index (χ1) is 9.45. The van der Waals surface area contributed by atoms with Crippen molar-refractivity contribution >= 4 is 43.5 Å². The predicted molar refractivity (Wildman–Crippen MR) is 78.5 cm³/mol. The summed E-state index contributed by atoms with van der Waals surface area (Å²) in [7, 11) is 1.51. The highest BCUT2D eigenvalue weighted by Crippen LogP contribution is 2.33. The van der Waals surface area contributed by atoms with Gasteiger partial charge in [0.1, 0.15) is 5.15 Å². The average Bonchev–Trinajstić information content (AvgIpc) is 2.41. The quantitative estimate of drug-likeness (QED) is 0.523. The molecule has 106 valence electrons. The number of hydrogen-bond acceptors (Lipinski definition) is 3. The fraction of sp³-hybridized carbons (Fsp3) is 0.167. The van der Waals surface area contributed by atoms with E-state index in [0.29, 0.717) is 15.7 Å². The Balaban J connectivity index is 2.61. The van der Waals surface area contributed by atoms with Gasteiger partial charge in [0.15, 0.2) is 17.5 Å². The van der Waals surface area contributed by atoms with E-state index in [2.05, 4.69) is 41.8 Å². The second-order valence-corrected chi connectivity index (χ2v) is 5.70. The molecule has 0 fully saturated rings. The van der Waals surface area contributed by atoms with Crippen LogP contribution in [0.15, 0.2) is 21.1 Å². The van der Waals surface area contributed by atoms with Gasteiger partial charge in [-0.25, -0.2) is 18.7 Å². The van der Waals surface area contributed by atoms with Crippen LogP contribution >= 0.6 is 43.5 Å². The Morgan fingerprint density at radius 3 is 2.55 bits per heavy atom. The maximum Gasteiger partial charge on any atom is 0.173 e. The molecule has 3 nitrogen and oxygen atoms in total. The molecule has 0 saturated heterocycles. The van der Waals surface area contributed by atoms with Crippen LogP contribution in [0.25, 0.3) is 11.4 Å². The third-order valence-electron chi connectivity index (χ3n) is 2.44. The molecular formula is C12H7Br2ClF2N2O. The van der Waals surface area contributed by atoms with Crippen LogP contribution in [0.3, 0.4) is 0 Å². The molecule has 1 heterocycles. The number of hydrogen-bond donors (Lipinski definition) is 0. The number of rotatable bonds is 3. The van der Waals surface area contributed by atoms with Gasteiger partial charge in [0.2, 0.25) is 0 Å². The maximum absolute atomic E-state index is 13.6. The van der Waals surface area contributed by atoms with E-state index < -0.39 is 11.6 Å². The predicted octanol–water partition coefficient (Wildman–Crippen LogP) is 4.75. The molecule has 2 rings (SSSR count). The summed E-state index contributed by atoms with van der Waals surface area (Å²) in [6.07, 6.45) is 0.